The molecule has 0 aliphatic heterocycles. The molecule has 0 saturated heterocycles. The third kappa shape index (κ3) is 3.40. The molecule has 0 aliphatic carbocycles. The molecule has 2 aromatic carbocycles. The lowest BCUT2D eigenvalue weighted by atomic mass is 10.1. The van der Waals surface area contributed by atoms with Gasteiger partial charge < -0.3 is 10.5 Å². The number of nitrogens with two attached hydrogens (primary N) is 1. The summed E-state index contributed by atoms with van der Waals surface area (Å²) in [5.41, 5.74) is 7.30. The molecule has 0 aliphatic rings. The summed E-state index contributed by atoms with van der Waals surface area (Å²) in [6, 6.07) is 10.2. The smallest absolute Gasteiger partial charge is 0.312 e. The standard InChI is InChI=1S/C15H15BrN2O3/c1-9-7-11(16)8-13(18(19)20)15(9)21-14-6-4-3-5-12(14)10(2)17/h3-8,10H,17H2,1-2H3/t10-/m0/s1. The van der Waals surface area contributed by atoms with Crippen LogP contribution in [0.1, 0.15) is 24.1 Å². The number of halogens is 1. The van der Waals surface area contributed by atoms with E-state index in [9.17, 15) is 10.1 Å². The van der Waals surface area contributed by atoms with Gasteiger partial charge in [-0.2, -0.15) is 0 Å². The van der Waals surface area contributed by atoms with Crippen LogP contribution in [0.2, 0.25) is 0 Å². The molecule has 5 nitrogen and oxygen atoms in total. The van der Waals surface area contributed by atoms with E-state index in [4.69, 9.17) is 10.5 Å². The molecule has 0 radical (unpaired) electrons. The fourth-order valence-corrected chi connectivity index (χ4v) is 2.60. The number of benzene rings is 2. The van der Waals surface area contributed by atoms with Crippen LogP contribution in [0, 0.1) is 17.0 Å². The van der Waals surface area contributed by atoms with Gasteiger partial charge in [0.05, 0.1) is 4.92 Å². The summed E-state index contributed by atoms with van der Waals surface area (Å²) in [6.07, 6.45) is 0. The second kappa shape index (κ2) is 6.24. The molecule has 2 aromatic rings. The van der Waals surface area contributed by atoms with Gasteiger partial charge in [-0.15, -0.1) is 0 Å². The Labute approximate surface area is 131 Å². The van der Waals surface area contributed by atoms with Gasteiger partial charge >= 0.3 is 5.69 Å². The Balaban J connectivity index is 2.52. The number of nitrogens with zero attached hydrogens (tertiary/aromatic N) is 1. The molecule has 110 valence electrons. The zero-order chi connectivity index (χ0) is 15.6. The largest absolute Gasteiger partial charge is 0.449 e. The quantitative estimate of drug-likeness (QED) is 0.651. The number of ether oxygens (including phenoxy) is 1. The lowest BCUT2D eigenvalue weighted by molar-refractivity contribution is -0.385. The van der Waals surface area contributed by atoms with Crippen LogP contribution in [0.25, 0.3) is 0 Å². The number of aryl methyl sites for hydroxylation is 1. The first-order valence-corrected chi connectivity index (χ1v) is 7.16. The lowest BCUT2D eigenvalue weighted by Crippen LogP contribution is -2.07. The minimum absolute atomic E-state index is 0.0821. The topological polar surface area (TPSA) is 78.4 Å². The summed E-state index contributed by atoms with van der Waals surface area (Å²) in [6.45, 7) is 3.60. The van der Waals surface area contributed by atoms with Crippen LogP contribution < -0.4 is 10.5 Å². The van der Waals surface area contributed by atoms with Crippen molar-refractivity contribution in [2.75, 3.05) is 0 Å². The Morgan fingerprint density at radius 3 is 2.62 bits per heavy atom. The number of rotatable bonds is 4. The van der Waals surface area contributed by atoms with E-state index >= 15 is 0 Å². The molecule has 0 saturated carbocycles. The predicted octanol–water partition coefficient (Wildman–Crippen LogP) is 4.48. The van der Waals surface area contributed by atoms with Crippen molar-refractivity contribution < 1.29 is 9.66 Å². The van der Waals surface area contributed by atoms with E-state index in [2.05, 4.69) is 15.9 Å². The van der Waals surface area contributed by atoms with Gasteiger partial charge in [0, 0.05) is 22.1 Å². The Kier molecular flexibility index (Phi) is 4.59. The molecule has 0 aromatic heterocycles. The van der Waals surface area contributed by atoms with Gasteiger partial charge in [0.25, 0.3) is 0 Å². The fraction of sp³-hybridized carbons (Fsp3) is 0.200. The zero-order valence-corrected chi connectivity index (χ0v) is 13.3. The van der Waals surface area contributed by atoms with Crippen molar-refractivity contribution in [3.8, 4) is 11.5 Å². The van der Waals surface area contributed by atoms with Gasteiger partial charge in [-0.1, -0.05) is 34.1 Å². The first kappa shape index (κ1) is 15.5. The second-order valence-electron chi connectivity index (χ2n) is 4.76. The van der Waals surface area contributed by atoms with E-state index in [0.29, 0.717) is 15.8 Å². The van der Waals surface area contributed by atoms with Crippen LogP contribution in [0.15, 0.2) is 40.9 Å². The highest BCUT2D eigenvalue weighted by Gasteiger charge is 2.21. The summed E-state index contributed by atoms with van der Waals surface area (Å²) >= 11 is 3.26. The molecule has 2 N–H and O–H groups in total. The van der Waals surface area contributed by atoms with Crippen molar-refractivity contribution in [3.63, 3.8) is 0 Å². The highest BCUT2D eigenvalue weighted by atomic mass is 79.9. The van der Waals surface area contributed by atoms with Gasteiger partial charge in [0.1, 0.15) is 5.75 Å². The van der Waals surface area contributed by atoms with Crippen LogP contribution in [-0.4, -0.2) is 4.92 Å². The van der Waals surface area contributed by atoms with E-state index in [0.717, 1.165) is 5.56 Å². The first-order chi connectivity index (χ1) is 9.90. The average molecular weight is 351 g/mol. The van der Waals surface area contributed by atoms with Crippen molar-refractivity contribution >= 4 is 21.6 Å². The van der Waals surface area contributed by atoms with E-state index in [-0.39, 0.29) is 17.5 Å². The fourth-order valence-electron chi connectivity index (χ4n) is 2.04. The van der Waals surface area contributed by atoms with Crippen LogP contribution in [0.3, 0.4) is 0 Å². The van der Waals surface area contributed by atoms with Gasteiger partial charge in [-0.25, -0.2) is 0 Å². The molecular formula is C15H15BrN2O3. The zero-order valence-electron chi connectivity index (χ0n) is 11.7. The Hall–Kier alpha value is -1.92. The monoisotopic (exact) mass is 350 g/mol. The van der Waals surface area contributed by atoms with Crippen LogP contribution in [0.5, 0.6) is 11.5 Å². The number of hydrogen-bond donors (Lipinski definition) is 1. The molecule has 2 rings (SSSR count). The van der Waals surface area contributed by atoms with Gasteiger partial charge in [0.15, 0.2) is 0 Å². The first-order valence-electron chi connectivity index (χ1n) is 6.37. The maximum absolute atomic E-state index is 11.2. The predicted molar refractivity (Wildman–Crippen MR) is 84.7 cm³/mol. The minimum atomic E-state index is -0.457. The van der Waals surface area contributed by atoms with Crippen molar-refractivity contribution in [2.45, 2.75) is 19.9 Å². The molecule has 0 amide bonds. The Morgan fingerprint density at radius 1 is 1.33 bits per heavy atom. The van der Waals surface area contributed by atoms with Crippen molar-refractivity contribution in [3.05, 3.63) is 62.1 Å². The van der Waals surface area contributed by atoms with Gasteiger partial charge in [-0.05, 0) is 31.5 Å². The summed E-state index contributed by atoms with van der Waals surface area (Å²) < 4.78 is 6.44. The Bertz CT molecular complexity index is 687. The van der Waals surface area contributed by atoms with Crippen LogP contribution in [-0.2, 0) is 0 Å². The molecule has 1 atom stereocenters. The summed E-state index contributed by atoms with van der Waals surface area (Å²) in [5, 5.41) is 11.2. The number of nitro groups is 1. The number of hydrogen-bond acceptors (Lipinski definition) is 4. The van der Waals surface area contributed by atoms with Crippen LogP contribution >= 0.6 is 15.9 Å². The normalized spacial score (nSPS) is 12.0. The third-order valence-corrected chi connectivity index (χ3v) is 3.50. The molecule has 0 bridgehead atoms. The molecule has 21 heavy (non-hydrogen) atoms. The highest BCUT2D eigenvalue weighted by molar-refractivity contribution is 9.10. The third-order valence-electron chi connectivity index (χ3n) is 3.04. The van der Waals surface area contributed by atoms with E-state index in [1.165, 1.54) is 6.07 Å². The van der Waals surface area contributed by atoms with Gasteiger partial charge in [0.2, 0.25) is 5.75 Å². The van der Waals surface area contributed by atoms with Crippen molar-refractivity contribution in [2.24, 2.45) is 5.73 Å². The summed E-state index contributed by atoms with van der Waals surface area (Å²) in [7, 11) is 0. The molecular weight excluding hydrogens is 336 g/mol. The number of nitro benzene ring substituents is 1. The summed E-state index contributed by atoms with van der Waals surface area (Å²) in [5.74, 6) is 0.761. The molecule has 0 unspecified atom stereocenters. The summed E-state index contributed by atoms with van der Waals surface area (Å²) in [4.78, 5) is 10.8. The molecule has 6 heteroatoms. The van der Waals surface area contributed by atoms with Gasteiger partial charge in [-0.3, -0.25) is 10.1 Å². The minimum Gasteiger partial charge on any atom is -0.449 e. The number of para-hydroxylation sites is 1. The van der Waals surface area contributed by atoms with E-state index in [1.54, 1.807) is 25.1 Å². The van der Waals surface area contributed by atoms with Crippen molar-refractivity contribution in [1.29, 1.82) is 0 Å². The SMILES string of the molecule is Cc1cc(Br)cc([N+](=O)[O-])c1Oc1ccccc1[C@H](C)N. The Morgan fingerprint density at radius 2 is 2.00 bits per heavy atom. The van der Waals surface area contributed by atoms with E-state index < -0.39 is 4.92 Å². The maximum Gasteiger partial charge on any atom is 0.312 e. The van der Waals surface area contributed by atoms with E-state index in [1.807, 2.05) is 19.1 Å². The van der Waals surface area contributed by atoms with Crippen LogP contribution in [0.4, 0.5) is 5.69 Å². The second-order valence-corrected chi connectivity index (χ2v) is 5.67. The molecule has 0 heterocycles. The molecule has 0 fully saturated rings. The highest BCUT2D eigenvalue weighted by Crippen LogP contribution is 2.38. The average Bonchev–Trinajstić information content (AvgIpc) is 2.41. The molecule has 0 spiro atoms. The maximum atomic E-state index is 11.2. The lowest BCUT2D eigenvalue weighted by Gasteiger charge is -2.15. The van der Waals surface area contributed by atoms with Crippen molar-refractivity contribution in [1.82, 2.24) is 0 Å².